The minimum Gasteiger partial charge on any atom is -0.321 e. The second-order valence-electron chi connectivity index (χ2n) is 4.85. The molecule has 4 heteroatoms. The topological polar surface area (TPSA) is 26.0 Å². The standard InChI is InChI=1S/C15H14F3N/c1-15(19,11-3-2-4-12(16)8-11)9-10-5-6-13(17)14(18)7-10/h2-8H,9,19H2,1H3. The van der Waals surface area contributed by atoms with Crippen molar-refractivity contribution in [2.24, 2.45) is 5.73 Å². The van der Waals surface area contributed by atoms with Gasteiger partial charge in [0.25, 0.3) is 0 Å². The van der Waals surface area contributed by atoms with Gasteiger partial charge in [0.05, 0.1) is 0 Å². The first-order chi connectivity index (χ1) is 8.88. The highest BCUT2D eigenvalue weighted by Crippen LogP contribution is 2.24. The van der Waals surface area contributed by atoms with Gasteiger partial charge in [-0.2, -0.15) is 0 Å². The second-order valence-corrected chi connectivity index (χ2v) is 4.85. The molecule has 2 aromatic rings. The zero-order chi connectivity index (χ0) is 14.0. The van der Waals surface area contributed by atoms with E-state index in [2.05, 4.69) is 0 Å². The smallest absolute Gasteiger partial charge is 0.159 e. The maximum atomic E-state index is 13.2. The molecule has 0 aromatic heterocycles. The molecule has 0 spiro atoms. The molecule has 0 saturated carbocycles. The third kappa shape index (κ3) is 3.15. The normalized spacial score (nSPS) is 14.2. The van der Waals surface area contributed by atoms with Crippen LogP contribution in [-0.2, 0) is 12.0 Å². The van der Waals surface area contributed by atoms with Crippen LogP contribution in [0.2, 0.25) is 0 Å². The average molecular weight is 265 g/mol. The molecule has 1 nitrogen and oxygen atoms in total. The summed E-state index contributed by atoms with van der Waals surface area (Å²) in [6.45, 7) is 1.73. The first kappa shape index (κ1) is 13.6. The Morgan fingerprint density at radius 1 is 1.00 bits per heavy atom. The molecule has 19 heavy (non-hydrogen) atoms. The van der Waals surface area contributed by atoms with Crippen molar-refractivity contribution in [3.05, 3.63) is 71.0 Å². The Bertz CT molecular complexity index is 594. The lowest BCUT2D eigenvalue weighted by Gasteiger charge is -2.25. The molecule has 0 radical (unpaired) electrons. The minimum atomic E-state index is -0.910. The summed E-state index contributed by atoms with van der Waals surface area (Å²) < 4.78 is 39.2. The average Bonchev–Trinajstić information content (AvgIpc) is 2.33. The van der Waals surface area contributed by atoms with Crippen molar-refractivity contribution in [3.8, 4) is 0 Å². The number of rotatable bonds is 3. The van der Waals surface area contributed by atoms with Crippen LogP contribution in [0.5, 0.6) is 0 Å². The van der Waals surface area contributed by atoms with E-state index >= 15 is 0 Å². The van der Waals surface area contributed by atoms with Gasteiger partial charge >= 0.3 is 0 Å². The molecule has 0 aliphatic carbocycles. The highest BCUT2D eigenvalue weighted by molar-refractivity contribution is 5.28. The monoisotopic (exact) mass is 265 g/mol. The quantitative estimate of drug-likeness (QED) is 0.902. The van der Waals surface area contributed by atoms with Gasteiger partial charge in [0.2, 0.25) is 0 Å². The molecule has 1 atom stereocenters. The summed E-state index contributed by atoms with van der Waals surface area (Å²) in [5.74, 6) is -2.18. The van der Waals surface area contributed by atoms with E-state index in [4.69, 9.17) is 5.73 Å². The van der Waals surface area contributed by atoms with E-state index in [-0.39, 0.29) is 12.2 Å². The van der Waals surface area contributed by atoms with Crippen molar-refractivity contribution in [2.75, 3.05) is 0 Å². The lowest BCUT2D eigenvalue weighted by molar-refractivity contribution is 0.477. The van der Waals surface area contributed by atoms with Crippen LogP contribution in [0.3, 0.4) is 0 Å². The molecular formula is C15H14F3N. The van der Waals surface area contributed by atoms with Crippen LogP contribution in [0.4, 0.5) is 13.2 Å². The van der Waals surface area contributed by atoms with Crippen LogP contribution in [0.25, 0.3) is 0 Å². The van der Waals surface area contributed by atoms with Gasteiger partial charge in [-0.3, -0.25) is 0 Å². The molecule has 100 valence electrons. The van der Waals surface area contributed by atoms with E-state index in [1.54, 1.807) is 19.1 Å². The van der Waals surface area contributed by atoms with E-state index in [1.807, 2.05) is 0 Å². The molecule has 0 fully saturated rings. The van der Waals surface area contributed by atoms with E-state index < -0.39 is 17.2 Å². The molecule has 2 aromatic carbocycles. The van der Waals surface area contributed by atoms with Gasteiger partial charge < -0.3 is 5.73 Å². The summed E-state index contributed by atoms with van der Waals surface area (Å²) in [4.78, 5) is 0. The fourth-order valence-corrected chi connectivity index (χ4v) is 2.02. The Morgan fingerprint density at radius 3 is 2.37 bits per heavy atom. The maximum absolute atomic E-state index is 13.2. The van der Waals surface area contributed by atoms with Crippen molar-refractivity contribution in [2.45, 2.75) is 18.9 Å². The van der Waals surface area contributed by atoms with E-state index in [0.29, 0.717) is 11.1 Å². The van der Waals surface area contributed by atoms with Gasteiger partial charge in [0.15, 0.2) is 11.6 Å². The summed E-state index contributed by atoms with van der Waals surface area (Å²) >= 11 is 0. The van der Waals surface area contributed by atoms with Crippen LogP contribution in [-0.4, -0.2) is 0 Å². The molecule has 2 N–H and O–H groups in total. The number of nitrogens with two attached hydrogens (primary N) is 1. The lowest BCUT2D eigenvalue weighted by atomic mass is 9.86. The molecule has 0 aliphatic rings. The van der Waals surface area contributed by atoms with E-state index in [1.165, 1.54) is 18.2 Å². The van der Waals surface area contributed by atoms with Crippen molar-refractivity contribution in [1.29, 1.82) is 0 Å². The molecule has 0 heterocycles. The molecule has 2 rings (SSSR count). The molecule has 0 bridgehead atoms. The van der Waals surface area contributed by atoms with Crippen molar-refractivity contribution in [3.63, 3.8) is 0 Å². The molecule has 0 amide bonds. The second kappa shape index (κ2) is 5.05. The number of hydrogen-bond donors (Lipinski definition) is 1. The summed E-state index contributed by atoms with van der Waals surface area (Å²) in [6.07, 6.45) is 0.285. The Morgan fingerprint density at radius 2 is 1.74 bits per heavy atom. The summed E-state index contributed by atoms with van der Waals surface area (Å²) in [7, 11) is 0. The lowest BCUT2D eigenvalue weighted by Crippen LogP contribution is -2.35. The van der Waals surface area contributed by atoms with Gasteiger partial charge in [0, 0.05) is 5.54 Å². The van der Waals surface area contributed by atoms with Crippen molar-refractivity contribution in [1.82, 2.24) is 0 Å². The highest BCUT2D eigenvalue weighted by atomic mass is 19.2. The van der Waals surface area contributed by atoms with E-state index in [9.17, 15) is 13.2 Å². The zero-order valence-corrected chi connectivity index (χ0v) is 10.5. The Hall–Kier alpha value is -1.81. The van der Waals surface area contributed by atoms with Crippen molar-refractivity contribution >= 4 is 0 Å². The minimum absolute atomic E-state index is 0.285. The largest absolute Gasteiger partial charge is 0.321 e. The van der Waals surface area contributed by atoms with Crippen LogP contribution in [0, 0.1) is 17.5 Å². The molecule has 0 saturated heterocycles. The predicted octanol–water partition coefficient (Wildman–Crippen LogP) is 3.52. The molecule has 0 aliphatic heterocycles. The van der Waals surface area contributed by atoms with Gasteiger partial charge in [-0.15, -0.1) is 0 Å². The fourth-order valence-electron chi connectivity index (χ4n) is 2.02. The predicted molar refractivity (Wildman–Crippen MR) is 68.0 cm³/mol. The van der Waals surface area contributed by atoms with Crippen LogP contribution in [0.1, 0.15) is 18.1 Å². The highest BCUT2D eigenvalue weighted by Gasteiger charge is 2.22. The summed E-state index contributed by atoms with van der Waals surface area (Å²) in [5, 5.41) is 0. The van der Waals surface area contributed by atoms with Crippen LogP contribution in [0.15, 0.2) is 42.5 Å². The summed E-state index contributed by atoms with van der Waals surface area (Å²) in [6, 6.07) is 9.61. The van der Waals surface area contributed by atoms with Gasteiger partial charge in [0.1, 0.15) is 5.82 Å². The van der Waals surface area contributed by atoms with Crippen LogP contribution < -0.4 is 5.73 Å². The summed E-state index contributed by atoms with van der Waals surface area (Å²) in [5.41, 5.74) is 6.46. The Labute approximate surface area is 109 Å². The first-order valence-electron chi connectivity index (χ1n) is 5.87. The number of hydrogen-bond acceptors (Lipinski definition) is 1. The number of benzene rings is 2. The first-order valence-corrected chi connectivity index (χ1v) is 5.87. The number of halogens is 3. The van der Waals surface area contributed by atoms with Gasteiger partial charge in [-0.25, -0.2) is 13.2 Å². The van der Waals surface area contributed by atoms with Crippen molar-refractivity contribution < 1.29 is 13.2 Å². The van der Waals surface area contributed by atoms with E-state index in [0.717, 1.165) is 12.1 Å². The SMILES string of the molecule is CC(N)(Cc1ccc(F)c(F)c1)c1cccc(F)c1. The maximum Gasteiger partial charge on any atom is 0.159 e. The molecule has 1 unspecified atom stereocenters. The zero-order valence-electron chi connectivity index (χ0n) is 10.5. The van der Waals surface area contributed by atoms with Crippen LogP contribution >= 0.6 is 0 Å². The Balaban J connectivity index is 2.27. The van der Waals surface area contributed by atoms with Gasteiger partial charge in [-0.1, -0.05) is 18.2 Å². The third-order valence-corrected chi connectivity index (χ3v) is 3.04. The molecular weight excluding hydrogens is 251 g/mol. The third-order valence-electron chi connectivity index (χ3n) is 3.04. The fraction of sp³-hybridized carbons (Fsp3) is 0.200. The van der Waals surface area contributed by atoms with Gasteiger partial charge in [-0.05, 0) is 48.7 Å². The Kier molecular flexibility index (Phi) is 3.62.